The first-order valence-corrected chi connectivity index (χ1v) is 4.42. The molecule has 0 N–H and O–H groups in total. The summed E-state index contributed by atoms with van der Waals surface area (Å²) in [6.07, 6.45) is 0. The van der Waals surface area contributed by atoms with E-state index < -0.39 is 0 Å². The Morgan fingerprint density at radius 3 is 1.89 bits per heavy atom. The molecule has 1 rings (SSSR count). The van der Waals surface area contributed by atoms with Gasteiger partial charge in [0.2, 0.25) is 11.1 Å². The number of rotatable bonds is 3. The molecule has 0 fully saturated rings. The third-order valence-corrected chi connectivity index (χ3v) is 2.07. The number of methoxy groups -OCH3 is 2. The Bertz CT molecular complexity index is 411. The van der Waals surface area contributed by atoms with Crippen molar-refractivity contribution in [2.24, 2.45) is 0 Å². The Labute approximate surface area is 132 Å². The van der Waals surface area contributed by atoms with Crippen LogP contribution in [0.25, 0.3) is 4.98 Å². The van der Waals surface area contributed by atoms with E-state index in [2.05, 4.69) is 4.98 Å². The molecule has 0 aliphatic rings. The first-order chi connectivity index (χ1) is 7.13. The van der Waals surface area contributed by atoms with Gasteiger partial charge in [0.1, 0.15) is 0 Å². The molecule has 0 saturated carbocycles. The summed E-state index contributed by atoms with van der Waals surface area (Å²) < 4.78 is 10.3. The fraction of sp³-hybridized carbons (Fsp3) is 0.400. The van der Waals surface area contributed by atoms with Gasteiger partial charge in [0.15, 0.2) is 10.7 Å². The number of nitrogens with zero attached hydrogens (tertiary/aromatic N) is 3. The van der Waals surface area contributed by atoms with E-state index in [-0.39, 0.29) is 44.3 Å². The summed E-state index contributed by atoms with van der Waals surface area (Å²) in [5.41, 5.74) is 1.21. The zero-order chi connectivity index (χ0) is 11.4. The molecule has 0 aliphatic carbocycles. The van der Waals surface area contributed by atoms with E-state index in [0.29, 0.717) is 17.2 Å². The van der Waals surface area contributed by atoms with E-state index in [0.717, 1.165) is 5.69 Å². The molecule has 0 bridgehead atoms. The Morgan fingerprint density at radius 1 is 1.06 bits per heavy atom. The third-order valence-electron chi connectivity index (χ3n) is 2.07. The molecule has 0 radical (unpaired) electrons. The SMILES string of the molecule is COc1cc(N(C)C)c(OC)cc1[N+]#N.[Cl-].[Cl-].[Zn+2]. The number of halogens is 2. The van der Waals surface area contributed by atoms with Crippen LogP contribution in [-0.2, 0) is 19.5 Å². The Hall–Kier alpha value is -0.757. The summed E-state index contributed by atoms with van der Waals surface area (Å²) in [5, 5.41) is 8.77. The van der Waals surface area contributed by atoms with Crippen molar-refractivity contribution in [2.45, 2.75) is 0 Å². The van der Waals surface area contributed by atoms with Gasteiger partial charge in [-0.1, -0.05) is 0 Å². The van der Waals surface area contributed by atoms with E-state index in [1.807, 2.05) is 19.0 Å². The molecule has 0 aliphatic heterocycles. The van der Waals surface area contributed by atoms with Gasteiger partial charge in [-0.2, -0.15) is 0 Å². The zero-order valence-electron chi connectivity index (χ0n) is 10.8. The van der Waals surface area contributed by atoms with Crippen LogP contribution in [-0.4, -0.2) is 28.3 Å². The van der Waals surface area contributed by atoms with Gasteiger partial charge in [0.25, 0.3) is 0 Å². The van der Waals surface area contributed by atoms with Crippen molar-refractivity contribution in [3.63, 3.8) is 0 Å². The minimum Gasteiger partial charge on any atom is -1.00 e. The Morgan fingerprint density at radius 2 is 1.56 bits per heavy atom. The zero-order valence-corrected chi connectivity index (χ0v) is 15.3. The molecule has 96 valence electrons. The van der Waals surface area contributed by atoms with Crippen molar-refractivity contribution in [1.82, 2.24) is 0 Å². The second-order valence-electron chi connectivity index (χ2n) is 3.19. The van der Waals surface area contributed by atoms with Gasteiger partial charge in [-0.25, -0.2) is 0 Å². The molecule has 5 nitrogen and oxygen atoms in total. The maximum atomic E-state index is 8.77. The summed E-state index contributed by atoms with van der Waals surface area (Å²) in [6, 6.07) is 3.38. The number of benzene rings is 1. The quantitative estimate of drug-likeness (QED) is 0.418. The van der Waals surface area contributed by atoms with Crippen LogP contribution in [0.2, 0.25) is 0 Å². The van der Waals surface area contributed by atoms with E-state index >= 15 is 0 Å². The van der Waals surface area contributed by atoms with Crippen molar-refractivity contribution < 1.29 is 53.8 Å². The van der Waals surface area contributed by atoms with Crippen LogP contribution >= 0.6 is 0 Å². The second kappa shape index (κ2) is 10.2. The molecular formula is C10H14Cl2N3O2Zn+. The molecule has 0 saturated heterocycles. The van der Waals surface area contributed by atoms with E-state index in [9.17, 15) is 0 Å². The van der Waals surface area contributed by atoms with Gasteiger partial charge in [-0.15, -0.1) is 0 Å². The number of diazo groups is 1. The Balaban J connectivity index is -0.000000750. The first-order valence-electron chi connectivity index (χ1n) is 4.42. The molecule has 0 amide bonds. The fourth-order valence-electron chi connectivity index (χ4n) is 1.29. The van der Waals surface area contributed by atoms with Crippen LogP contribution in [0.15, 0.2) is 12.1 Å². The van der Waals surface area contributed by atoms with E-state index in [1.54, 1.807) is 19.2 Å². The standard InChI is InChI=1S/C10H14N3O2.2ClH.Zn/c1-13(2)8-6-9(14-3)7(12-11)5-10(8)15-4;;;/h5-6H,1-4H3;2*1H;/q+1;;;+2/p-2. The summed E-state index contributed by atoms with van der Waals surface area (Å²) in [5.74, 6) is 1.13. The van der Waals surface area contributed by atoms with Crippen molar-refractivity contribution in [1.29, 1.82) is 5.39 Å². The monoisotopic (exact) mass is 342 g/mol. The largest absolute Gasteiger partial charge is 2.00 e. The van der Waals surface area contributed by atoms with Gasteiger partial charge in [-0.3, -0.25) is 0 Å². The minimum absolute atomic E-state index is 0. The second-order valence-corrected chi connectivity index (χ2v) is 3.19. The number of hydrogen-bond donors (Lipinski definition) is 0. The van der Waals surface area contributed by atoms with Crippen LogP contribution in [0.5, 0.6) is 11.5 Å². The van der Waals surface area contributed by atoms with E-state index in [4.69, 9.17) is 14.9 Å². The molecule has 8 heteroatoms. The maximum Gasteiger partial charge on any atom is 2.00 e. The Kier molecular flexibility index (Phi) is 12.7. The molecular weight excluding hydrogens is 330 g/mol. The van der Waals surface area contributed by atoms with Gasteiger partial charge < -0.3 is 39.2 Å². The molecule has 0 heterocycles. The van der Waals surface area contributed by atoms with Gasteiger partial charge >= 0.3 is 25.2 Å². The molecule has 0 atom stereocenters. The molecule has 1 aromatic rings. The van der Waals surface area contributed by atoms with Gasteiger partial charge in [-0.05, 0) is 0 Å². The van der Waals surface area contributed by atoms with Gasteiger partial charge in [0, 0.05) is 20.2 Å². The van der Waals surface area contributed by atoms with Gasteiger partial charge in [0.05, 0.1) is 26.0 Å². The van der Waals surface area contributed by atoms with Crippen molar-refractivity contribution in [3.8, 4) is 11.5 Å². The van der Waals surface area contributed by atoms with Crippen molar-refractivity contribution in [2.75, 3.05) is 33.2 Å². The van der Waals surface area contributed by atoms with Crippen molar-refractivity contribution >= 4 is 11.4 Å². The summed E-state index contributed by atoms with van der Waals surface area (Å²) in [4.78, 5) is 5.02. The first kappa shape index (κ1) is 22.4. The van der Waals surface area contributed by atoms with Crippen LogP contribution in [0.4, 0.5) is 11.4 Å². The normalized spacial score (nSPS) is 7.72. The third kappa shape index (κ3) is 4.85. The summed E-state index contributed by atoms with van der Waals surface area (Å²) in [7, 11) is 6.88. The fourth-order valence-corrected chi connectivity index (χ4v) is 1.29. The number of ether oxygens (including phenoxy) is 2. The molecule has 1 aromatic carbocycles. The van der Waals surface area contributed by atoms with E-state index in [1.165, 1.54) is 7.11 Å². The molecule has 0 spiro atoms. The maximum absolute atomic E-state index is 8.77. The van der Waals surface area contributed by atoms with Crippen LogP contribution in [0.3, 0.4) is 0 Å². The summed E-state index contributed by atoms with van der Waals surface area (Å²) >= 11 is 0. The minimum atomic E-state index is 0. The number of hydrogen-bond acceptors (Lipinski definition) is 4. The molecule has 18 heavy (non-hydrogen) atoms. The number of anilines is 1. The predicted molar refractivity (Wildman–Crippen MR) is 58.6 cm³/mol. The van der Waals surface area contributed by atoms with Crippen LogP contribution in [0, 0.1) is 5.39 Å². The predicted octanol–water partition coefficient (Wildman–Crippen LogP) is -3.74. The molecule has 0 unspecified atom stereocenters. The smallest absolute Gasteiger partial charge is 1.00 e. The van der Waals surface area contributed by atoms with Crippen LogP contribution < -0.4 is 39.2 Å². The molecule has 0 aromatic heterocycles. The summed E-state index contributed by atoms with van der Waals surface area (Å²) in [6.45, 7) is 0. The topological polar surface area (TPSA) is 49.9 Å². The average Bonchev–Trinajstić information content (AvgIpc) is 2.26. The average molecular weight is 345 g/mol. The van der Waals surface area contributed by atoms with Crippen molar-refractivity contribution in [3.05, 3.63) is 17.1 Å². The van der Waals surface area contributed by atoms with Crippen LogP contribution in [0.1, 0.15) is 0 Å².